The van der Waals surface area contributed by atoms with E-state index in [2.05, 4.69) is 5.32 Å². The maximum atomic E-state index is 12.8. The van der Waals surface area contributed by atoms with Crippen LogP contribution >= 0.6 is 33.9 Å². The van der Waals surface area contributed by atoms with Crippen molar-refractivity contribution >= 4 is 60.5 Å². The molecule has 0 radical (unpaired) electrons. The maximum Gasteiger partial charge on any atom is 0.393 e. The van der Waals surface area contributed by atoms with Crippen LogP contribution in [0.5, 0.6) is 0 Å². The number of alkyl halides is 3. The Labute approximate surface area is 152 Å². The SMILES string of the molecule is O=S1CCC(Nc2cccc3c(CC(F)(F)F)c(I)sc23)CC1. The van der Waals surface area contributed by atoms with E-state index < -0.39 is 23.4 Å². The average molecular weight is 473 g/mol. The van der Waals surface area contributed by atoms with Crippen molar-refractivity contribution in [2.75, 3.05) is 16.8 Å². The van der Waals surface area contributed by atoms with E-state index in [1.54, 1.807) is 12.1 Å². The Morgan fingerprint density at radius 1 is 1.30 bits per heavy atom. The molecule has 0 amide bonds. The number of fused-ring (bicyclic) bond motifs is 1. The summed E-state index contributed by atoms with van der Waals surface area (Å²) in [7, 11) is -0.721. The molecule has 1 N–H and O–H groups in total. The molecule has 1 aliphatic heterocycles. The van der Waals surface area contributed by atoms with Crippen LogP contribution in [0.4, 0.5) is 18.9 Å². The second-order valence-corrected chi connectivity index (χ2v) is 10.1. The molecule has 3 rings (SSSR count). The number of nitrogens with one attached hydrogen (secondary N) is 1. The van der Waals surface area contributed by atoms with Crippen molar-refractivity contribution in [1.29, 1.82) is 0 Å². The van der Waals surface area contributed by atoms with Gasteiger partial charge in [0.25, 0.3) is 0 Å². The topological polar surface area (TPSA) is 29.1 Å². The molecule has 2 nitrogen and oxygen atoms in total. The fourth-order valence-corrected chi connectivity index (χ4v) is 6.24. The molecule has 8 heteroatoms. The molecule has 0 atom stereocenters. The fourth-order valence-electron chi connectivity index (χ4n) is 2.78. The summed E-state index contributed by atoms with van der Waals surface area (Å²) in [6.07, 6.45) is -3.43. The molecule has 23 heavy (non-hydrogen) atoms. The Kier molecular flexibility index (Phi) is 5.22. The van der Waals surface area contributed by atoms with Crippen molar-refractivity contribution in [2.24, 2.45) is 0 Å². The summed E-state index contributed by atoms with van der Waals surface area (Å²) in [4.78, 5) is 0. The number of anilines is 1. The van der Waals surface area contributed by atoms with E-state index in [-0.39, 0.29) is 6.04 Å². The lowest BCUT2D eigenvalue weighted by Gasteiger charge is -2.23. The second-order valence-electron chi connectivity index (χ2n) is 5.60. The highest BCUT2D eigenvalue weighted by atomic mass is 127. The summed E-state index contributed by atoms with van der Waals surface area (Å²) < 4.78 is 51.4. The van der Waals surface area contributed by atoms with Gasteiger partial charge in [0, 0.05) is 28.3 Å². The van der Waals surface area contributed by atoms with Gasteiger partial charge in [-0.25, -0.2) is 0 Å². The minimum atomic E-state index is -4.20. The van der Waals surface area contributed by atoms with E-state index in [4.69, 9.17) is 0 Å². The van der Waals surface area contributed by atoms with Gasteiger partial charge in [-0.1, -0.05) is 12.1 Å². The molecule has 1 aliphatic rings. The first-order valence-electron chi connectivity index (χ1n) is 7.21. The third kappa shape index (κ3) is 4.19. The van der Waals surface area contributed by atoms with E-state index in [1.165, 1.54) is 11.3 Å². The predicted molar refractivity (Wildman–Crippen MR) is 98.8 cm³/mol. The summed E-state index contributed by atoms with van der Waals surface area (Å²) in [5.74, 6) is 1.38. The highest BCUT2D eigenvalue weighted by Gasteiger charge is 2.31. The zero-order valence-electron chi connectivity index (χ0n) is 12.1. The van der Waals surface area contributed by atoms with E-state index in [0.717, 1.165) is 23.2 Å². The van der Waals surface area contributed by atoms with E-state index >= 15 is 0 Å². The zero-order chi connectivity index (χ0) is 16.6. The Hall–Kier alpha value is -0.350. The zero-order valence-corrected chi connectivity index (χ0v) is 15.9. The number of rotatable bonds is 3. The molecule has 1 saturated heterocycles. The van der Waals surface area contributed by atoms with Crippen LogP contribution in [0.2, 0.25) is 0 Å². The van der Waals surface area contributed by atoms with Gasteiger partial charge in [0.05, 0.1) is 19.7 Å². The van der Waals surface area contributed by atoms with E-state index in [0.29, 0.717) is 25.3 Å². The highest BCUT2D eigenvalue weighted by Crippen LogP contribution is 2.40. The summed E-state index contributed by atoms with van der Waals surface area (Å²) in [6, 6.07) is 5.71. The number of thiophene rings is 1. The van der Waals surface area contributed by atoms with Crippen LogP contribution in [0.1, 0.15) is 18.4 Å². The summed E-state index contributed by atoms with van der Waals surface area (Å²) in [6.45, 7) is 0. The van der Waals surface area contributed by atoms with E-state index in [1.807, 2.05) is 28.7 Å². The number of benzene rings is 1. The van der Waals surface area contributed by atoms with Crippen LogP contribution in [-0.2, 0) is 17.2 Å². The minimum absolute atomic E-state index is 0.240. The Morgan fingerprint density at radius 3 is 2.65 bits per heavy atom. The van der Waals surface area contributed by atoms with Crippen LogP contribution in [-0.4, -0.2) is 27.9 Å². The third-order valence-electron chi connectivity index (χ3n) is 3.89. The van der Waals surface area contributed by atoms with Crippen LogP contribution in [0.15, 0.2) is 18.2 Å². The summed E-state index contributed by atoms with van der Waals surface area (Å²) >= 11 is 3.39. The van der Waals surface area contributed by atoms with Crippen molar-refractivity contribution in [3.05, 3.63) is 26.6 Å². The van der Waals surface area contributed by atoms with Crippen LogP contribution in [0.3, 0.4) is 0 Å². The molecule has 0 saturated carbocycles. The normalized spacial score (nSPS) is 22.4. The fraction of sp³-hybridized carbons (Fsp3) is 0.467. The minimum Gasteiger partial charge on any atom is -0.381 e. The molecule has 2 heterocycles. The second kappa shape index (κ2) is 6.87. The molecule has 126 valence electrons. The van der Waals surface area contributed by atoms with Gasteiger partial charge in [0.15, 0.2) is 0 Å². The number of hydrogen-bond acceptors (Lipinski definition) is 3. The molecule has 1 aromatic heterocycles. The molecular formula is C15H15F3INOS2. The lowest BCUT2D eigenvalue weighted by Crippen LogP contribution is -2.29. The molecule has 1 aromatic carbocycles. The van der Waals surface area contributed by atoms with Crippen LogP contribution < -0.4 is 5.32 Å². The van der Waals surface area contributed by atoms with Crippen molar-refractivity contribution in [2.45, 2.75) is 31.5 Å². The molecule has 1 fully saturated rings. The van der Waals surface area contributed by atoms with E-state index in [9.17, 15) is 17.4 Å². The Morgan fingerprint density at radius 2 is 2.00 bits per heavy atom. The van der Waals surface area contributed by atoms with Crippen molar-refractivity contribution in [3.8, 4) is 0 Å². The highest BCUT2D eigenvalue weighted by molar-refractivity contribution is 14.1. The summed E-state index contributed by atoms with van der Waals surface area (Å²) in [5, 5.41) is 4.12. The first-order valence-corrected chi connectivity index (χ1v) is 10.6. The van der Waals surface area contributed by atoms with Crippen LogP contribution in [0.25, 0.3) is 10.1 Å². The molecule has 0 unspecified atom stereocenters. The number of hydrogen-bond donors (Lipinski definition) is 1. The smallest absolute Gasteiger partial charge is 0.381 e. The largest absolute Gasteiger partial charge is 0.393 e. The van der Waals surface area contributed by atoms with Gasteiger partial charge < -0.3 is 5.32 Å². The van der Waals surface area contributed by atoms with Crippen molar-refractivity contribution in [3.63, 3.8) is 0 Å². The standard InChI is InChI=1S/C15H15F3INOS2/c16-15(17,18)8-11-10-2-1-3-12(13(10)22-14(11)19)20-9-4-6-23(21)7-5-9/h1-3,9,20H,4-8H2. The predicted octanol–water partition coefficient (Wildman–Crippen LogP) is 4.93. The summed E-state index contributed by atoms with van der Waals surface area (Å²) in [5.41, 5.74) is 1.25. The van der Waals surface area contributed by atoms with Crippen molar-refractivity contribution in [1.82, 2.24) is 0 Å². The van der Waals surface area contributed by atoms with Crippen molar-refractivity contribution < 1.29 is 17.4 Å². The first kappa shape index (κ1) is 17.5. The Balaban J connectivity index is 1.90. The first-order chi connectivity index (χ1) is 10.8. The number of halogens is 4. The van der Waals surface area contributed by atoms with Gasteiger partial charge in [-0.15, -0.1) is 11.3 Å². The van der Waals surface area contributed by atoms with Crippen LogP contribution in [0, 0.1) is 2.88 Å². The van der Waals surface area contributed by atoms with Gasteiger partial charge in [-0.05, 0) is 52.4 Å². The lowest BCUT2D eigenvalue weighted by atomic mass is 10.1. The van der Waals surface area contributed by atoms with Gasteiger partial charge in [0.1, 0.15) is 0 Å². The third-order valence-corrected chi connectivity index (χ3v) is 7.66. The van der Waals surface area contributed by atoms with Gasteiger partial charge in [-0.3, -0.25) is 4.21 Å². The lowest BCUT2D eigenvalue weighted by molar-refractivity contribution is -0.127. The van der Waals surface area contributed by atoms with Gasteiger partial charge in [-0.2, -0.15) is 13.2 Å². The maximum absolute atomic E-state index is 12.8. The Bertz CT molecular complexity index is 734. The van der Waals surface area contributed by atoms with Gasteiger partial charge in [0.2, 0.25) is 0 Å². The molecule has 0 bridgehead atoms. The van der Waals surface area contributed by atoms with Gasteiger partial charge >= 0.3 is 6.18 Å². The average Bonchev–Trinajstić information content (AvgIpc) is 2.77. The monoisotopic (exact) mass is 473 g/mol. The molecule has 0 spiro atoms. The molecule has 0 aliphatic carbocycles. The molecular weight excluding hydrogens is 458 g/mol. The molecule has 2 aromatic rings. The quantitative estimate of drug-likeness (QED) is 0.641.